The van der Waals surface area contributed by atoms with E-state index in [9.17, 15) is 13.2 Å². The normalized spacial score (nSPS) is 11.3. The highest BCUT2D eigenvalue weighted by Crippen LogP contribution is 2.27. The first kappa shape index (κ1) is 11.8. The van der Waals surface area contributed by atoms with Crippen molar-refractivity contribution in [2.45, 2.75) is 4.90 Å². The van der Waals surface area contributed by atoms with Gasteiger partial charge in [-0.2, -0.15) is 0 Å². The molecule has 0 heterocycles. The van der Waals surface area contributed by atoms with Crippen LogP contribution in [0.25, 0.3) is 0 Å². The van der Waals surface area contributed by atoms with E-state index in [2.05, 4.69) is 0 Å². The van der Waals surface area contributed by atoms with Gasteiger partial charge >= 0.3 is 5.97 Å². The van der Waals surface area contributed by atoms with Gasteiger partial charge in [-0.25, -0.2) is 13.2 Å². The van der Waals surface area contributed by atoms with Crippen molar-refractivity contribution in [3.8, 4) is 0 Å². The SMILES string of the molecule is CS(=O)(=O)c1cc(N)c(Cl)c(C(=O)O)c1. The number of sulfone groups is 1. The quantitative estimate of drug-likeness (QED) is 0.763. The summed E-state index contributed by atoms with van der Waals surface area (Å²) < 4.78 is 22.4. The number of nitrogens with two attached hydrogens (primary N) is 1. The van der Waals surface area contributed by atoms with Crippen LogP contribution in [0.3, 0.4) is 0 Å². The molecule has 0 aliphatic rings. The number of hydrogen-bond donors (Lipinski definition) is 2. The number of nitrogen functional groups attached to an aromatic ring is 1. The zero-order valence-electron chi connectivity index (χ0n) is 7.69. The van der Waals surface area contributed by atoms with Crippen LogP contribution in [0.15, 0.2) is 17.0 Å². The molecule has 0 amide bonds. The number of benzene rings is 1. The predicted molar refractivity (Wildman–Crippen MR) is 55.9 cm³/mol. The van der Waals surface area contributed by atoms with Crippen LogP contribution in [0.1, 0.15) is 10.4 Å². The van der Waals surface area contributed by atoms with Crippen molar-refractivity contribution in [2.24, 2.45) is 0 Å². The summed E-state index contributed by atoms with van der Waals surface area (Å²) in [5, 5.41) is 8.59. The Bertz CT molecular complexity index is 524. The first-order chi connectivity index (χ1) is 6.73. The van der Waals surface area contributed by atoms with Gasteiger partial charge in [-0.3, -0.25) is 0 Å². The summed E-state index contributed by atoms with van der Waals surface area (Å²) in [5.41, 5.74) is 5.00. The molecule has 1 aromatic rings. The van der Waals surface area contributed by atoms with Gasteiger partial charge in [0.05, 0.1) is 21.2 Å². The molecule has 15 heavy (non-hydrogen) atoms. The number of aromatic carboxylic acids is 1. The summed E-state index contributed by atoms with van der Waals surface area (Å²) >= 11 is 5.61. The Hall–Kier alpha value is -1.27. The van der Waals surface area contributed by atoms with E-state index in [0.29, 0.717) is 0 Å². The first-order valence-corrected chi connectivity index (χ1v) is 6.03. The fourth-order valence-electron chi connectivity index (χ4n) is 0.989. The molecule has 0 bridgehead atoms. The molecule has 0 saturated carbocycles. The fraction of sp³-hybridized carbons (Fsp3) is 0.125. The second-order valence-corrected chi connectivity index (χ2v) is 5.35. The molecular weight excluding hydrogens is 242 g/mol. The van der Waals surface area contributed by atoms with Crippen molar-refractivity contribution in [2.75, 3.05) is 12.0 Å². The third kappa shape index (κ3) is 2.40. The van der Waals surface area contributed by atoms with Gasteiger partial charge < -0.3 is 10.8 Å². The first-order valence-electron chi connectivity index (χ1n) is 3.76. The van der Waals surface area contributed by atoms with Crippen LogP contribution >= 0.6 is 11.6 Å². The van der Waals surface area contributed by atoms with E-state index in [0.717, 1.165) is 18.4 Å². The average molecular weight is 250 g/mol. The second-order valence-electron chi connectivity index (χ2n) is 2.95. The van der Waals surface area contributed by atoms with Crippen molar-refractivity contribution in [1.29, 1.82) is 0 Å². The van der Waals surface area contributed by atoms with Crippen molar-refractivity contribution in [3.63, 3.8) is 0 Å². The van der Waals surface area contributed by atoms with Crippen molar-refractivity contribution in [3.05, 3.63) is 22.7 Å². The van der Waals surface area contributed by atoms with Crippen molar-refractivity contribution in [1.82, 2.24) is 0 Å². The maximum absolute atomic E-state index is 11.2. The Morgan fingerprint density at radius 2 is 2.00 bits per heavy atom. The summed E-state index contributed by atoms with van der Waals surface area (Å²) in [7, 11) is -3.50. The lowest BCUT2D eigenvalue weighted by Gasteiger charge is -2.05. The Kier molecular flexibility index (Phi) is 2.92. The number of carboxylic acid groups (broad SMARTS) is 1. The van der Waals surface area contributed by atoms with Crippen LogP contribution in [-0.4, -0.2) is 25.7 Å². The number of hydrogen-bond acceptors (Lipinski definition) is 4. The molecule has 7 heteroatoms. The van der Waals surface area contributed by atoms with Gasteiger partial charge in [0, 0.05) is 6.26 Å². The Morgan fingerprint density at radius 3 is 2.40 bits per heavy atom. The van der Waals surface area contributed by atoms with Crippen LogP contribution in [0.5, 0.6) is 0 Å². The summed E-state index contributed by atoms with van der Waals surface area (Å²) in [4.78, 5) is 10.6. The van der Waals surface area contributed by atoms with E-state index < -0.39 is 15.8 Å². The highest BCUT2D eigenvalue weighted by Gasteiger charge is 2.17. The summed E-state index contributed by atoms with van der Waals surface area (Å²) in [6.07, 6.45) is 0.960. The number of carbonyl (C=O) groups is 1. The highest BCUT2D eigenvalue weighted by molar-refractivity contribution is 7.90. The van der Waals surface area contributed by atoms with Crippen LogP contribution in [0.2, 0.25) is 5.02 Å². The van der Waals surface area contributed by atoms with Crippen LogP contribution in [0, 0.1) is 0 Å². The Balaban J connectivity index is 3.57. The smallest absolute Gasteiger partial charge is 0.337 e. The van der Waals surface area contributed by atoms with Crippen molar-refractivity contribution >= 4 is 33.1 Å². The molecule has 0 atom stereocenters. The lowest BCUT2D eigenvalue weighted by Crippen LogP contribution is -2.05. The highest BCUT2D eigenvalue weighted by atomic mass is 35.5. The zero-order chi connectivity index (χ0) is 11.8. The topological polar surface area (TPSA) is 97.5 Å². The molecule has 1 rings (SSSR count). The van der Waals surface area contributed by atoms with E-state index in [-0.39, 0.29) is 21.2 Å². The van der Waals surface area contributed by atoms with Crippen molar-refractivity contribution < 1.29 is 18.3 Å². The molecule has 3 N–H and O–H groups in total. The Morgan fingerprint density at radius 1 is 1.47 bits per heavy atom. The lowest BCUT2D eigenvalue weighted by atomic mass is 10.2. The molecule has 0 unspecified atom stereocenters. The van der Waals surface area contributed by atoms with Gasteiger partial charge in [0.25, 0.3) is 0 Å². The van der Waals surface area contributed by atoms with Gasteiger partial charge in [-0.1, -0.05) is 11.6 Å². The zero-order valence-corrected chi connectivity index (χ0v) is 9.26. The molecule has 5 nitrogen and oxygen atoms in total. The van der Waals surface area contributed by atoms with Gasteiger partial charge in [0.15, 0.2) is 9.84 Å². The summed E-state index contributed by atoms with van der Waals surface area (Å²) in [5.74, 6) is -1.32. The standard InChI is InChI=1S/C8H8ClNO4S/c1-15(13,14)4-2-5(8(11)12)7(9)6(10)3-4/h2-3H,10H2,1H3,(H,11,12). The minimum absolute atomic E-state index is 0.0722. The van der Waals surface area contributed by atoms with Gasteiger partial charge in [0.1, 0.15) is 0 Å². The Labute approximate surface area is 91.4 Å². The molecule has 82 valence electrons. The number of anilines is 1. The summed E-state index contributed by atoms with van der Waals surface area (Å²) in [6.45, 7) is 0. The fourth-order valence-corrected chi connectivity index (χ4v) is 1.85. The second kappa shape index (κ2) is 3.71. The molecule has 0 fully saturated rings. The monoisotopic (exact) mass is 249 g/mol. The van der Waals surface area contributed by atoms with E-state index >= 15 is 0 Å². The average Bonchev–Trinajstić information content (AvgIpc) is 2.06. The molecule has 1 aromatic carbocycles. The van der Waals surface area contributed by atoms with E-state index in [1.54, 1.807) is 0 Å². The molecule has 0 aliphatic heterocycles. The van der Waals surface area contributed by atoms with Crippen LogP contribution in [0.4, 0.5) is 5.69 Å². The minimum Gasteiger partial charge on any atom is -0.478 e. The molecule has 0 saturated heterocycles. The minimum atomic E-state index is -3.50. The molecule has 0 radical (unpaired) electrons. The third-order valence-corrected chi connectivity index (χ3v) is 3.25. The van der Waals surface area contributed by atoms with Crippen LogP contribution in [-0.2, 0) is 9.84 Å². The number of rotatable bonds is 2. The number of carboxylic acids is 1. The van der Waals surface area contributed by atoms with Gasteiger partial charge in [-0.15, -0.1) is 0 Å². The van der Waals surface area contributed by atoms with E-state index in [4.69, 9.17) is 22.4 Å². The van der Waals surface area contributed by atoms with Crippen LogP contribution < -0.4 is 5.73 Å². The maximum atomic E-state index is 11.2. The lowest BCUT2D eigenvalue weighted by molar-refractivity contribution is 0.0697. The largest absolute Gasteiger partial charge is 0.478 e. The molecule has 0 aromatic heterocycles. The van der Waals surface area contributed by atoms with E-state index in [1.807, 2.05) is 0 Å². The summed E-state index contributed by atoms with van der Waals surface area (Å²) in [6, 6.07) is 2.11. The number of halogens is 1. The molecule has 0 spiro atoms. The van der Waals surface area contributed by atoms with Gasteiger partial charge in [0.2, 0.25) is 0 Å². The molecular formula is C8H8ClNO4S. The third-order valence-electron chi connectivity index (χ3n) is 1.73. The molecule has 0 aliphatic carbocycles. The van der Waals surface area contributed by atoms with E-state index in [1.165, 1.54) is 0 Å². The maximum Gasteiger partial charge on any atom is 0.337 e. The van der Waals surface area contributed by atoms with Gasteiger partial charge in [-0.05, 0) is 12.1 Å². The predicted octanol–water partition coefficient (Wildman–Crippen LogP) is 1.02.